The number of benzene rings is 1. The molecule has 0 fully saturated rings. The molecule has 0 aliphatic carbocycles. The maximum absolute atomic E-state index is 11.0. The average molecular weight is 243 g/mol. The van der Waals surface area contributed by atoms with E-state index in [0.29, 0.717) is 11.5 Å². The van der Waals surface area contributed by atoms with E-state index in [4.69, 9.17) is 9.84 Å². The van der Waals surface area contributed by atoms with Crippen LogP contribution >= 0.6 is 0 Å². The zero-order valence-corrected chi connectivity index (χ0v) is 10.2. The highest BCUT2D eigenvalue weighted by Crippen LogP contribution is 2.26. The number of carboxylic acid groups (broad SMARTS) is 1. The van der Waals surface area contributed by atoms with Gasteiger partial charge in [0.15, 0.2) is 0 Å². The number of carbonyl (C=O) groups is 1. The minimum Gasteiger partial charge on any atom is -0.477 e. The lowest BCUT2D eigenvalue weighted by atomic mass is 10.1. The molecule has 0 unspecified atom stereocenters. The Morgan fingerprint density at radius 3 is 2.50 bits per heavy atom. The fraction of sp³-hybridized carbons (Fsp3) is 0.143. The van der Waals surface area contributed by atoms with E-state index in [1.807, 2.05) is 32.0 Å². The summed E-state index contributed by atoms with van der Waals surface area (Å²) in [5.74, 6) is -0.133. The minimum atomic E-state index is -1.05. The molecule has 0 radical (unpaired) electrons. The van der Waals surface area contributed by atoms with E-state index in [9.17, 15) is 4.79 Å². The lowest BCUT2D eigenvalue weighted by molar-refractivity contribution is 0.0693. The van der Waals surface area contributed by atoms with Crippen molar-refractivity contribution >= 4 is 5.97 Å². The summed E-state index contributed by atoms with van der Waals surface area (Å²) in [6.45, 7) is 3.93. The zero-order chi connectivity index (χ0) is 13.1. The summed E-state index contributed by atoms with van der Waals surface area (Å²) in [5.41, 5.74) is 2.18. The van der Waals surface area contributed by atoms with Crippen LogP contribution in [0.25, 0.3) is 0 Å². The van der Waals surface area contributed by atoms with E-state index >= 15 is 0 Å². The third-order valence-corrected chi connectivity index (χ3v) is 2.43. The third-order valence-electron chi connectivity index (χ3n) is 2.43. The molecule has 0 atom stereocenters. The van der Waals surface area contributed by atoms with Crippen molar-refractivity contribution in [3.63, 3.8) is 0 Å². The van der Waals surface area contributed by atoms with Crippen LogP contribution in [0.2, 0.25) is 0 Å². The van der Waals surface area contributed by atoms with Gasteiger partial charge in [-0.25, -0.2) is 4.79 Å². The summed E-state index contributed by atoms with van der Waals surface area (Å²) in [6.07, 6.45) is 2.78. The molecule has 1 N–H and O–H groups in total. The van der Waals surface area contributed by atoms with Crippen LogP contribution in [0.1, 0.15) is 21.5 Å². The van der Waals surface area contributed by atoms with Gasteiger partial charge in [-0.2, -0.15) is 0 Å². The molecule has 2 aromatic rings. The van der Waals surface area contributed by atoms with Crippen molar-refractivity contribution in [2.45, 2.75) is 13.8 Å². The van der Waals surface area contributed by atoms with Gasteiger partial charge in [-0.05, 0) is 37.1 Å². The fourth-order valence-electron chi connectivity index (χ4n) is 1.75. The summed E-state index contributed by atoms with van der Waals surface area (Å²) < 4.78 is 5.61. The first kappa shape index (κ1) is 12.1. The Hall–Kier alpha value is -2.36. The van der Waals surface area contributed by atoms with Crippen molar-refractivity contribution in [2.24, 2.45) is 0 Å². The number of aromatic nitrogens is 1. The second kappa shape index (κ2) is 4.87. The summed E-state index contributed by atoms with van der Waals surface area (Å²) in [4.78, 5) is 14.8. The molecular weight excluding hydrogens is 230 g/mol. The van der Waals surface area contributed by atoms with Gasteiger partial charge in [-0.3, -0.25) is 4.98 Å². The van der Waals surface area contributed by atoms with Gasteiger partial charge in [0, 0.05) is 18.5 Å². The molecule has 0 bridgehead atoms. The summed E-state index contributed by atoms with van der Waals surface area (Å²) in [6, 6.07) is 7.29. The largest absolute Gasteiger partial charge is 0.477 e. The molecule has 0 aliphatic heterocycles. The van der Waals surface area contributed by atoms with Crippen molar-refractivity contribution in [2.75, 3.05) is 0 Å². The van der Waals surface area contributed by atoms with Crippen LogP contribution < -0.4 is 4.74 Å². The Kier molecular flexibility index (Phi) is 3.28. The predicted octanol–water partition coefficient (Wildman–Crippen LogP) is 3.19. The highest BCUT2D eigenvalue weighted by atomic mass is 16.5. The molecule has 4 nitrogen and oxygen atoms in total. The van der Waals surface area contributed by atoms with Gasteiger partial charge in [-0.1, -0.05) is 6.07 Å². The second-order valence-electron chi connectivity index (χ2n) is 4.10. The zero-order valence-electron chi connectivity index (χ0n) is 10.2. The van der Waals surface area contributed by atoms with Gasteiger partial charge in [0.25, 0.3) is 0 Å². The average Bonchev–Trinajstić information content (AvgIpc) is 2.27. The van der Waals surface area contributed by atoms with Gasteiger partial charge >= 0.3 is 5.97 Å². The number of aromatic carboxylic acids is 1. The minimum absolute atomic E-state index is 0.0525. The van der Waals surface area contributed by atoms with E-state index in [2.05, 4.69) is 4.98 Å². The van der Waals surface area contributed by atoms with Crippen molar-refractivity contribution in [3.8, 4) is 11.5 Å². The summed E-state index contributed by atoms with van der Waals surface area (Å²) in [7, 11) is 0. The van der Waals surface area contributed by atoms with Gasteiger partial charge in [0.2, 0.25) is 0 Å². The molecule has 0 amide bonds. The topological polar surface area (TPSA) is 59.4 Å². The number of carboxylic acids is 1. The fourth-order valence-corrected chi connectivity index (χ4v) is 1.75. The number of pyridine rings is 1. The van der Waals surface area contributed by atoms with Gasteiger partial charge < -0.3 is 9.84 Å². The maximum Gasteiger partial charge on any atom is 0.341 e. The first-order chi connectivity index (χ1) is 8.56. The number of aryl methyl sites for hydroxylation is 2. The van der Waals surface area contributed by atoms with Crippen molar-refractivity contribution < 1.29 is 14.6 Å². The second-order valence-corrected chi connectivity index (χ2v) is 4.10. The van der Waals surface area contributed by atoms with Crippen LogP contribution in [0.5, 0.6) is 11.5 Å². The van der Waals surface area contributed by atoms with E-state index in [0.717, 1.165) is 11.1 Å². The Bertz CT molecular complexity index is 573. The third kappa shape index (κ3) is 2.66. The predicted molar refractivity (Wildman–Crippen MR) is 67.2 cm³/mol. The molecule has 0 spiro atoms. The molecule has 4 heteroatoms. The van der Waals surface area contributed by atoms with E-state index < -0.39 is 5.97 Å². The highest BCUT2D eigenvalue weighted by Gasteiger charge is 2.11. The summed E-state index contributed by atoms with van der Waals surface area (Å²) >= 11 is 0. The Balaban J connectivity index is 2.37. The summed E-state index contributed by atoms with van der Waals surface area (Å²) in [5, 5.41) is 9.03. The smallest absolute Gasteiger partial charge is 0.341 e. The SMILES string of the molecule is Cc1cc(C)cc(Oc2ccncc2C(=O)O)c1. The lowest BCUT2D eigenvalue weighted by Gasteiger charge is -2.09. The lowest BCUT2D eigenvalue weighted by Crippen LogP contribution is -2.00. The van der Waals surface area contributed by atoms with E-state index in [1.54, 1.807) is 6.07 Å². The van der Waals surface area contributed by atoms with Crippen LogP contribution in [-0.4, -0.2) is 16.1 Å². The number of ether oxygens (including phenoxy) is 1. The van der Waals surface area contributed by atoms with Crippen LogP contribution in [0.3, 0.4) is 0 Å². The van der Waals surface area contributed by atoms with Gasteiger partial charge in [0.05, 0.1) is 0 Å². The number of hydrogen-bond acceptors (Lipinski definition) is 3. The van der Waals surface area contributed by atoms with Crippen LogP contribution in [0.15, 0.2) is 36.7 Å². The van der Waals surface area contributed by atoms with E-state index in [1.165, 1.54) is 12.4 Å². The number of nitrogens with zero attached hydrogens (tertiary/aromatic N) is 1. The molecule has 0 saturated heterocycles. The highest BCUT2D eigenvalue weighted by molar-refractivity contribution is 5.90. The quantitative estimate of drug-likeness (QED) is 0.899. The first-order valence-electron chi connectivity index (χ1n) is 5.50. The van der Waals surface area contributed by atoms with Crippen molar-refractivity contribution in [1.82, 2.24) is 4.98 Å². The molecule has 1 aromatic heterocycles. The number of rotatable bonds is 3. The molecule has 18 heavy (non-hydrogen) atoms. The van der Waals surface area contributed by atoms with Crippen LogP contribution in [0.4, 0.5) is 0 Å². The molecule has 0 aliphatic rings. The van der Waals surface area contributed by atoms with Crippen LogP contribution in [-0.2, 0) is 0 Å². The molecule has 2 rings (SSSR count). The molecular formula is C14H13NO3. The Labute approximate surface area is 105 Å². The number of hydrogen-bond donors (Lipinski definition) is 1. The normalized spacial score (nSPS) is 10.1. The Morgan fingerprint density at radius 1 is 1.22 bits per heavy atom. The van der Waals surface area contributed by atoms with Gasteiger partial charge in [-0.15, -0.1) is 0 Å². The first-order valence-corrected chi connectivity index (χ1v) is 5.50. The molecule has 92 valence electrons. The van der Waals surface area contributed by atoms with Crippen molar-refractivity contribution in [3.05, 3.63) is 53.3 Å². The maximum atomic E-state index is 11.0. The van der Waals surface area contributed by atoms with Gasteiger partial charge in [0.1, 0.15) is 17.1 Å². The molecule has 1 aromatic carbocycles. The molecule has 1 heterocycles. The Morgan fingerprint density at radius 2 is 1.89 bits per heavy atom. The van der Waals surface area contributed by atoms with E-state index in [-0.39, 0.29) is 5.56 Å². The monoisotopic (exact) mass is 243 g/mol. The molecule has 0 saturated carbocycles. The van der Waals surface area contributed by atoms with Crippen LogP contribution in [0, 0.1) is 13.8 Å². The standard InChI is InChI=1S/C14H13NO3/c1-9-5-10(2)7-11(6-9)18-13-3-4-15-8-12(13)14(16)17/h3-8H,1-2H3,(H,16,17). The van der Waals surface area contributed by atoms with Crippen molar-refractivity contribution in [1.29, 1.82) is 0 Å².